The van der Waals surface area contributed by atoms with Gasteiger partial charge in [-0.2, -0.15) is 0 Å². The zero-order valence-electron chi connectivity index (χ0n) is 10.3. The van der Waals surface area contributed by atoms with Gasteiger partial charge in [-0.15, -0.1) is 0 Å². The molecule has 1 heterocycles. The summed E-state index contributed by atoms with van der Waals surface area (Å²) in [6.45, 7) is 0. The Morgan fingerprint density at radius 1 is 1.10 bits per heavy atom. The van der Waals surface area contributed by atoms with Crippen molar-refractivity contribution in [2.45, 2.75) is 6.42 Å². The first-order chi connectivity index (χ1) is 9.58. The van der Waals surface area contributed by atoms with Gasteiger partial charge in [0.05, 0.1) is 17.1 Å². The Morgan fingerprint density at radius 2 is 1.85 bits per heavy atom. The summed E-state index contributed by atoms with van der Waals surface area (Å²) in [5, 5.41) is 0.460. The molecule has 0 unspecified atom stereocenters. The lowest BCUT2D eigenvalue weighted by Gasteiger charge is -2.27. The molecule has 0 atom stereocenters. The number of fused-ring (bicyclic) bond motifs is 1. The Labute approximate surface area is 129 Å². The average molecular weight is 351 g/mol. The second-order valence-corrected chi connectivity index (χ2v) is 5.73. The molecular formula is C15H9BrClNO2. The predicted molar refractivity (Wildman–Crippen MR) is 81.1 cm³/mol. The molecule has 2 aromatic carbocycles. The number of carbonyl (C=O) groups excluding carboxylic acids is 2. The van der Waals surface area contributed by atoms with Gasteiger partial charge in [-0.3, -0.25) is 9.59 Å². The molecule has 2 amide bonds. The minimum absolute atomic E-state index is 0.218. The van der Waals surface area contributed by atoms with E-state index >= 15 is 0 Å². The van der Waals surface area contributed by atoms with Crippen LogP contribution in [-0.2, 0) is 11.2 Å². The van der Waals surface area contributed by atoms with Crippen LogP contribution in [0.5, 0.6) is 0 Å². The smallest absolute Gasteiger partial charge is 0.265 e. The Hall–Kier alpha value is -1.65. The van der Waals surface area contributed by atoms with E-state index in [1.165, 1.54) is 4.90 Å². The molecule has 2 aromatic rings. The van der Waals surface area contributed by atoms with Crippen LogP contribution in [0, 0.1) is 0 Å². The summed E-state index contributed by atoms with van der Waals surface area (Å²) in [6.07, 6.45) is 0.218. The second kappa shape index (κ2) is 5.04. The van der Waals surface area contributed by atoms with E-state index in [2.05, 4.69) is 15.9 Å². The first-order valence-corrected chi connectivity index (χ1v) is 7.15. The fourth-order valence-electron chi connectivity index (χ4n) is 2.24. The lowest BCUT2D eigenvalue weighted by Crippen LogP contribution is -2.42. The van der Waals surface area contributed by atoms with Gasteiger partial charge in [0.2, 0.25) is 5.91 Å². The number of halogens is 2. The molecule has 0 spiro atoms. The van der Waals surface area contributed by atoms with Crippen molar-refractivity contribution in [1.29, 1.82) is 0 Å². The molecule has 0 fully saturated rings. The highest BCUT2D eigenvalue weighted by Crippen LogP contribution is 2.31. The summed E-state index contributed by atoms with van der Waals surface area (Å²) < 4.78 is 0.722. The van der Waals surface area contributed by atoms with Gasteiger partial charge in [-0.05, 0) is 45.8 Å². The number of nitrogens with zero attached hydrogens (tertiary/aromatic N) is 1. The second-order valence-electron chi connectivity index (χ2n) is 4.47. The number of benzene rings is 2. The Kier molecular flexibility index (Phi) is 3.36. The van der Waals surface area contributed by atoms with Gasteiger partial charge < -0.3 is 0 Å². The minimum Gasteiger partial charge on any atom is -0.274 e. The number of imide groups is 1. The molecule has 1 aliphatic heterocycles. The van der Waals surface area contributed by atoms with Gasteiger partial charge in [0.1, 0.15) is 0 Å². The Morgan fingerprint density at radius 3 is 2.60 bits per heavy atom. The first kappa shape index (κ1) is 13.3. The molecule has 0 N–H and O–H groups in total. The maximum absolute atomic E-state index is 12.5. The minimum atomic E-state index is -0.310. The lowest BCUT2D eigenvalue weighted by atomic mass is 9.98. The van der Waals surface area contributed by atoms with Crippen molar-refractivity contribution in [1.82, 2.24) is 0 Å². The maximum atomic E-state index is 12.5. The molecule has 0 aromatic heterocycles. The molecule has 100 valence electrons. The van der Waals surface area contributed by atoms with E-state index in [0.29, 0.717) is 16.3 Å². The molecule has 0 aliphatic carbocycles. The van der Waals surface area contributed by atoms with Gasteiger partial charge in [0, 0.05) is 10.0 Å². The van der Waals surface area contributed by atoms with Crippen LogP contribution in [0.1, 0.15) is 15.9 Å². The fourth-order valence-corrected chi connectivity index (χ4v) is 2.67. The zero-order chi connectivity index (χ0) is 14.3. The summed E-state index contributed by atoms with van der Waals surface area (Å²) in [4.78, 5) is 25.9. The average Bonchev–Trinajstić information content (AvgIpc) is 2.43. The van der Waals surface area contributed by atoms with Crippen LogP contribution < -0.4 is 4.90 Å². The molecule has 3 nitrogen and oxygen atoms in total. The molecule has 0 saturated heterocycles. The quantitative estimate of drug-likeness (QED) is 0.733. The summed E-state index contributed by atoms with van der Waals surface area (Å²) >= 11 is 9.32. The first-order valence-electron chi connectivity index (χ1n) is 5.98. The molecule has 0 radical (unpaired) electrons. The van der Waals surface area contributed by atoms with Gasteiger partial charge >= 0.3 is 0 Å². The van der Waals surface area contributed by atoms with E-state index in [1.54, 1.807) is 36.4 Å². The molecule has 0 bridgehead atoms. The third kappa shape index (κ3) is 2.15. The van der Waals surface area contributed by atoms with E-state index in [1.807, 2.05) is 6.07 Å². The Balaban J connectivity index is 2.08. The van der Waals surface area contributed by atoms with Crippen LogP contribution in [0.4, 0.5) is 5.69 Å². The van der Waals surface area contributed by atoms with Crippen LogP contribution in [0.3, 0.4) is 0 Å². The normalized spacial score (nSPS) is 14.4. The van der Waals surface area contributed by atoms with Gasteiger partial charge in [-0.1, -0.05) is 29.8 Å². The topological polar surface area (TPSA) is 37.4 Å². The summed E-state index contributed by atoms with van der Waals surface area (Å²) in [7, 11) is 0. The van der Waals surface area contributed by atoms with Crippen molar-refractivity contribution in [3.63, 3.8) is 0 Å². The highest BCUT2D eigenvalue weighted by molar-refractivity contribution is 9.10. The summed E-state index contributed by atoms with van der Waals surface area (Å²) in [6, 6.07) is 12.2. The molecule has 20 heavy (non-hydrogen) atoms. The van der Waals surface area contributed by atoms with E-state index in [4.69, 9.17) is 11.6 Å². The zero-order valence-corrected chi connectivity index (χ0v) is 12.6. The maximum Gasteiger partial charge on any atom is 0.265 e. The van der Waals surface area contributed by atoms with Crippen molar-refractivity contribution >= 4 is 45.0 Å². The predicted octanol–water partition coefficient (Wildman–Crippen LogP) is 3.83. The van der Waals surface area contributed by atoms with E-state index in [0.717, 1.165) is 10.0 Å². The largest absolute Gasteiger partial charge is 0.274 e. The lowest BCUT2D eigenvalue weighted by molar-refractivity contribution is -0.117. The van der Waals surface area contributed by atoms with E-state index < -0.39 is 0 Å². The number of hydrogen-bond acceptors (Lipinski definition) is 2. The van der Waals surface area contributed by atoms with Crippen molar-refractivity contribution in [2.75, 3.05) is 4.90 Å². The summed E-state index contributed by atoms with van der Waals surface area (Å²) in [5.41, 5.74) is 1.82. The highest BCUT2D eigenvalue weighted by Gasteiger charge is 2.31. The van der Waals surface area contributed by atoms with Crippen molar-refractivity contribution in [2.24, 2.45) is 0 Å². The van der Waals surface area contributed by atoms with Gasteiger partial charge in [0.15, 0.2) is 0 Å². The molecular weight excluding hydrogens is 342 g/mol. The Bertz CT molecular complexity index is 730. The molecule has 3 rings (SSSR count). The highest BCUT2D eigenvalue weighted by atomic mass is 79.9. The van der Waals surface area contributed by atoms with Crippen molar-refractivity contribution < 1.29 is 9.59 Å². The standard InChI is InChI=1S/C15H9BrClNO2/c16-12-6-5-10(8-13(12)17)18-14(19)7-9-3-1-2-4-11(9)15(18)20/h1-6,8H,7H2. The van der Waals surface area contributed by atoms with Crippen LogP contribution in [0.15, 0.2) is 46.9 Å². The van der Waals surface area contributed by atoms with Crippen molar-refractivity contribution in [3.05, 3.63) is 63.1 Å². The van der Waals surface area contributed by atoms with Crippen LogP contribution in [0.25, 0.3) is 0 Å². The number of amides is 2. The van der Waals surface area contributed by atoms with Crippen LogP contribution >= 0.6 is 27.5 Å². The molecule has 5 heteroatoms. The van der Waals surface area contributed by atoms with Crippen LogP contribution in [-0.4, -0.2) is 11.8 Å². The SMILES string of the molecule is O=C1Cc2ccccc2C(=O)N1c1ccc(Br)c(Cl)c1. The van der Waals surface area contributed by atoms with E-state index in [-0.39, 0.29) is 18.2 Å². The number of rotatable bonds is 1. The number of carbonyl (C=O) groups is 2. The van der Waals surface area contributed by atoms with Gasteiger partial charge in [-0.25, -0.2) is 4.90 Å². The molecule has 0 saturated carbocycles. The number of hydrogen-bond donors (Lipinski definition) is 0. The van der Waals surface area contributed by atoms with Crippen LogP contribution in [0.2, 0.25) is 5.02 Å². The summed E-state index contributed by atoms with van der Waals surface area (Å²) in [5.74, 6) is -0.553. The third-order valence-corrected chi connectivity index (χ3v) is 4.44. The molecule has 1 aliphatic rings. The van der Waals surface area contributed by atoms with Crippen molar-refractivity contribution in [3.8, 4) is 0 Å². The monoisotopic (exact) mass is 349 g/mol. The van der Waals surface area contributed by atoms with Gasteiger partial charge in [0.25, 0.3) is 5.91 Å². The number of anilines is 1. The third-order valence-electron chi connectivity index (χ3n) is 3.20. The van der Waals surface area contributed by atoms with E-state index in [9.17, 15) is 9.59 Å². The fraction of sp³-hybridized carbons (Fsp3) is 0.0667.